The Morgan fingerprint density at radius 2 is 1.80 bits per heavy atom. The maximum atomic E-state index is 13.7. The first-order chi connectivity index (χ1) is 19.4. The van der Waals surface area contributed by atoms with Gasteiger partial charge in [-0.1, -0.05) is 74.0 Å². The van der Waals surface area contributed by atoms with Gasteiger partial charge in [0.25, 0.3) is 0 Å². The first-order valence-corrected chi connectivity index (χ1v) is 15.1. The molecule has 2 amide bonds. The monoisotopic (exact) mass is 553 g/mol. The minimum atomic E-state index is -0.323. The van der Waals surface area contributed by atoms with Gasteiger partial charge in [-0.25, -0.2) is 0 Å². The smallest absolute Gasteiger partial charge is 0.234 e. The molecule has 0 bridgehead atoms. The van der Waals surface area contributed by atoms with Gasteiger partial charge in [-0.15, -0.1) is 11.3 Å². The summed E-state index contributed by atoms with van der Waals surface area (Å²) in [6.07, 6.45) is 4.37. The number of rotatable bonds is 8. The van der Waals surface area contributed by atoms with E-state index in [1.165, 1.54) is 21.6 Å². The molecule has 6 rings (SSSR count). The number of benzene rings is 2. The van der Waals surface area contributed by atoms with Gasteiger partial charge in [-0.05, 0) is 71.0 Å². The topological polar surface area (TPSA) is 66.8 Å². The standard InChI is InChI=1S/C34H35NO4S/c1-21(2)27-18-28-32(34(38)35(33(28)37)19-26-9-6-16-40-26)29-20-39-30(31(27)29)15-12-24(23-7-4-3-5-8-23)17-22-10-13-25(36)14-11-22/h3-11,13-14,16-17,21,28-30,32,36H,12,15,18-20H2,1-2H3/b24-17-/t28-,29+,30-,32-/m1/s1. The van der Waals surface area contributed by atoms with Crippen LogP contribution >= 0.6 is 11.3 Å². The summed E-state index contributed by atoms with van der Waals surface area (Å²) in [5.41, 5.74) is 5.97. The molecule has 1 aromatic heterocycles. The summed E-state index contributed by atoms with van der Waals surface area (Å²) in [7, 11) is 0. The lowest BCUT2D eigenvalue weighted by molar-refractivity contribution is -0.140. The molecule has 0 unspecified atom stereocenters. The molecular weight excluding hydrogens is 518 g/mol. The molecule has 0 saturated carbocycles. The number of phenolic OH excluding ortho intramolecular Hbond substituents is 1. The molecule has 3 aromatic rings. The van der Waals surface area contributed by atoms with E-state index in [1.54, 1.807) is 23.5 Å². The highest BCUT2D eigenvalue weighted by Gasteiger charge is 2.57. The Bertz CT molecular complexity index is 1440. The number of carbonyl (C=O) groups excluding carboxylic acids is 2. The highest BCUT2D eigenvalue weighted by Crippen LogP contribution is 2.51. The van der Waals surface area contributed by atoms with E-state index in [1.807, 2.05) is 47.8 Å². The van der Waals surface area contributed by atoms with Crippen LogP contribution in [-0.4, -0.2) is 34.5 Å². The summed E-state index contributed by atoms with van der Waals surface area (Å²) < 4.78 is 6.47. The fourth-order valence-electron chi connectivity index (χ4n) is 6.75. The van der Waals surface area contributed by atoms with Crippen molar-refractivity contribution in [1.82, 2.24) is 4.90 Å². The zero-order chi connectivity index (χ0) is 27.8. The van der Waals surface area contributed by atoms with Gasteiger partial charge in [0.1, 0.15) is 5.75 Å². The van der Waals surface area contributed by atoms with E-state index in [2.05, 4.69) is 32.1 Å². The largest absolute Gasteiger partial charge is 0.508 e. The summed E-state index contributed by atoms with van der Waals surface area (Å²) in [6.45, 7) is 5.25. The van der Waals surface area contributed by atoms with Crippen LogP contribution in [0.4, 0.5) is 0 Å². The van der Waals surface area contributed by atoms with Crippen LogP contribution in [0.15, 0.2) is 83.3 Å². The molecule has 4 atom stereocenters. The third-order valence-electron chi connectivity index (χ3n) is 8.68. The van der Waals surface area contributed by atoms with Crippen molar-refractivity contribution in [3.8, 4) is 5.75 Å². The van der Waals surface area contributed by atoms with E-state index in [0.717, 1.165) is 28.8 Å². The molecule has 1 aliphatic carbocycles. The van der Waals surface area contributed by atoms with E-state index < -0.39 is 0 Å². The van der Waals surface area contributed by atoms with Crippen molar-refractivity contribution >= 4 is 34.8 Å². The highest BCUT2D eigenvalue weighted by atomic mass is 32.1. The molecule has 0 spiro atoms. The lowest BCUT2D eigenvalue weighted by Crippen LogP contribution is -2.35. The molecule has 3 aliphatic rings. The molecule has 2 aromatic carbocycles. The lowest BCUT2D eigenvalue weighted by Gasteiger charge is -2.33. The first-order valence-electron chi connectivity index (χ1n) is 14.2. The van der Waals surface area contributed by atoms with Crippen molar-refractivity contribution in [1.29, 1.82) is 0 Å². The van der Waals surface area contributed by atoms with Crippen LogP contribution in [0.25, 0.3) is 11.6 Å². The average molecular weight is 554 g/mol. The third kappa shape index (κ3) is 5.06. The Balaban J connectivity index is 1.26. The molecule has 2 aliphatic heterocycles. The number of allylic oxidation sites excluding steroid dienone is 2. The van der Waals surface area contributed by atoms with Crippen molar-refractivity contribution in [3.05, 3.63) is 99.3 Å². The van der Waals surface area contributed by atoms with Gasteiger partial charge >= 0.3 is 0 Å². The second kappa shape index (κ2) is 11.2. The van der Waals surface area contributed by atoms with Gasteiger partial charge in [0, 0.05) is 10.8 Å². The molecule has 6 heteroatoms. The van der Waals surface area contributed by atoms with Crippen molar-refractivity contribution in [2.45, 2.75) is 45.8 Å². The average Bonchev–Trinajstić information content (AvgIpc) is 3.68. The van der Waals surface area contributed by atoms with Gasteiger partial charge in [0.05, 0.1) is 31.1 Å². The molecule has 2 saturated heterocycles. The number of fused-ring (bicyclic) bond motifs is 3. The van der Waals surface area contributed by atoms with Crippen LogP contribution < -0.4 is 0 Å². The molecule has 1 N–H and O–H groups in total. The van der Waals surface area contributed by atoms with Crippen molar-refractivity contribution in [2.75, 3.05) is 6.61 Å². The number of amides is 2. The number of ether oxygens (including phenoxy) is 1. The van der Waals surface area contributed by atoms with Gasteiger partial charge in [0.2, 0.25) is 11.8 Å². The predicted molar refractivity (Wildman–Crippen MR) is 158 cm³/mol. The lowest BCUT2D eigenvalue weighted by atomic mass is 9.67. The fraction of sp³-hybridized carbons (Fsp3) is 0.353. The van der Waals surface area contributed by atoms with E-state index in [0.29, 0.717) is 19.6 Å². The number of carbonyl (C=O) groups is 2. The van der Waals surface area contributed by atoms with E-state index in [9.17, 15) is 14.7 Å². The quantitative estimate of drug-likeness (QED) is 0.186. The second-order valence-corrected chi connectivity index (χ2v) is 12.4. The van der Waals surface area contributed by atoms with Gasteiger partial charge in [-0.3, -0.25) is 14.5 Å². The van der Waals surface area contributed by atoms with Crippen LogP contribution in [-0.2, 0) is 20.9 Å². The highest BCUT2D eigenvalue weighted by molar-refractivity contribution is 7.09. The second-order valence-electron chi connectivity index (χ2n) is 11.4. The Labute approximate surface area is 239 Å². The number of hydrogen-bond donors (Lipinski definition) is 1. The van der Waals surface area contributed by atoms with Gasteiger partial charge in [-0.2, -0.15) is 0 Å². The number of phenols is 1. The third-order valence-corrected chi connectivity index (χ3v) is 9.54. The Morgan fingerprint density at radius 1 is 1.02 bits per heavy atom. The molecule has 2 fully saturated rings. The van der Waals surface area contributed by atoms with Crippen LogP contribution in [0, 0.1) is 23.7 Å². The maximum Gasteiger partial charge on any atom is 0.234 e. The number of thiophene rings is 1. The summed E-state index contributed by atoms with van der Waals surface area (Å²) in [6, 6.07) is 21.6. The molecule has 206 valence electrons. The normalized spacial score (nSPS) is 24.7. The zero-order valence-electron chi connectivity index (χ0n) is 23.0. The first kappa shape index (κ1) is 26.7. The summed E-state index contributed by atoms with van der Waals surface area (Å²) in [5.74, 6) is -0.152. The Kier molecular flexibility index (Phi) is 7.47. The number of aromatic hydroxyl groups is 1. The summed E-state index contributed by atoms with van der Waals surface area (Å²) >= 11 is 1.58. The molecular formula is C34H35NO4S. The number of hydrogen-bond acceptors (Lipinski definition) is 5. The number of nitrogens with zero attached hydrogens (tertiary/aromatic N) is 1. The van der Waals surface area contributed by atoms with E-state index >= 15 is 0 Å². The minimum absolute atomic E-state index is 0.0211. The predicted octanol–water partition coefficient (Wildman–Crippen LogP) is 6.95. The fourth-order valence-corrected chi connectivity index (χ4v) is 7.44. The number of likely N-dealkylation sites (tertiary alicyclic amines) is 1. The van der Waals surface area contributed by atoms with Crippen LogP contribution in [0.5, 0.6) is 5.75 Å². The van der Waals surface area contributed by atoms with Crippen molar-refractivity contribution < 1.29 is 19.4 Å². The van der Waals surface area contributed by atoms with Crippen LogP contribution in [0.1, 0.15) is 49.1 Å². The van der Waals surface area contributed by atoms with Crippen molar-refractivity contribution in [2.24, 2.45) is 23.7 Å². The van der Waals surface area contributed by atoms with Crippen LogP contribution in [0.3, 0.4) is 0 Å². The minimum Gasteiger partial charge on any atom is -0.508 e. The van der Waals surface area contributed by atoms with E-state index in [-0.39, 0.29) is 47.3 Å². The van der Waals surface area contributed by atoms with E-state index in [4.69, 9.17) is 4.74 Å². The SMILES string of the molecule is CC(C)C1=C2[C@@H](CC/C(=C/c3ccc(O)cc3)c3ccccc3)OC[C@@H]2[C@@H]2C(=O)N(Cc3cccs3)C(=O)[C@@H]2C1. The van der Waals surface area contributed by atoms with Gasteiger partial charge in [0.15, 0.2) is 0 Å². The van der Waals surface area contributed by atoms with Gasteiger partial charge < -0.3 is 9.84 Å². The Morgan fingerprint density at radius 3 is 2.50 bits per heavy atom. The van der Waals surface area contributed by atoms with Crippen LogP contribution in [0.2, 0.25) is 0 Å². The summed E-state index contributed by atoms with van der Waals surface area (Å²) in [4.78, 5) is 29.7. The summed E-state index contributed by atoms with van der Waals surface area (Å²) in [5, 5.41) is 11.7. The zero-order valence-corrected chi connectivity index (χ0v) is 23.8. The molecule has 40 heavy (non-hydrogen) atoms. The molecule has 0 radical (unpaired) electrons. The molecule has 3 heterocycles. The van der Waals surface area contributed by atoms with Crippen molar-refractivity contribution in [3.63, 3.8) is 0 Å². The Hall–Kier alpha value is -3.48. The number of imide groups is 1. The molecule has 5 nitrogen and oxygen atoms in total. The maximum absolute atomic E-state index is 13.7.